The van der Waals surface area contributed by atoms with Crippen LogP contribution < -0.4 is 15.5 Å². The third kappa shape index (κ3) is 5.19. The van der Waals surface area contributed by atoms with E-state index in [0.29, 0.717) is 32.4 Å². The molecule has 3 fully saturated rings. The van der Waals surface area contributed by atoms with Crippen LogP contribution in [0.3, 0.4) is 0 Å². The average Bonchev–Trinajstić information content (AvgIpc) is 3.16. The zero-order valence-electron chi connectivity index (χ0n) is 18.1. The van der Waals surface area contributed by atoms with Gasteiger partial charge in [0.15, 0.2) is 0 Å². The van der Waals surface area contributed by atoms with Crippen molar-refractivity contribution in [2.75, 3.05) is 24.5 Å². The summed E-state index contributed by atoms with van der Waals surface area (Å²) in [5, 5.41) is 6.05. The number of likely N-dealkylation sites (tertiary alicyclic amines) is 1. The van der Waals surface area contributed by atoms with Gasteiger partial charge >= 0.3 is 6.03 Å². The van der Waals surface area contributed by atoms with Gasteiger partial charge in [0.05, 0.1) is 0 Å². The fraction of sp³-hybridized carbons (Fsp3) is 0.609. The first kappa shape index (κ1) is 22.5. The summed E-state index contributed by atoms with van der Waals surface area (Å²) in [6, 6.07) is 3.05. The first-order valence-electron chi connectivity index (χ1n) is 11.5. The number of anilines is 1. The lowest BCUT2D eigenvalue weighted by atomic mass is 9.95. The van der Waals surface area contributed by atoms with Crippen molar-refractivity contribution < 1.29 is 23.2 Å². The van der Waals surface area contributed by atoms with E-state index in [4.69, 9.17) is 0 Å². The van der Waals surface area contributed by atoms with E-state index < -0.39 is 23.5 Å². The molecule has 2 saturated heterocycles. The molecule has 7 nitrogen and oxygen atoms in total. The Hall–Kier alpha value is -2.71. The largest absolute Gasteiger partial charge is 0.353 e. The Morgan fingerprint density at radius 2 is 1.44 bits per heavy atom. The summed E-state index contributed by atoms with van der Waals surface area (Å²) in [7, 11) is 0. The van der Waals surface area contributed by atoms with Crippen molar-refractivity contribution in [3.8, 4) is 0 Å². The Labute approximate surface area is 186 Å². The van der Waals surface area contributed by atoms with Crippen molar-refractivity contribution >= 4 is 23.5 Å². The van der Waals surface area contributed by atoms with Crippen LogP contribution in [0.1, 0.15) is 51.4 Å². The van der Waals surface area contributed by atoms with Crippen LogP contribution in [0, 0.1) is 17.6 Å². The predicted octanol–water partition coefficient (Wildman–Crippen LogP) is 2.94. The number of urea groups is 1. The van der Waals surface area contributed by atoms with Crippen LogP contribution in [-0.2, 0) is 9.59 Å². The van der Waals surface area contributed by atoms with Crippen molar-refractivity contribution in [1.29, 1.82) is 0 Å². The lowest BCUT2D eigenvalue weighted by Gasteiger charge is -2.34. The summed E-state index contributed by atoms with van der Waals surface area (Å²) in [5.74, 6) is -3.20. The number of benzene rings is 1. The van der Waals surface area contributed by atoms with Crippen LogP contribution >= 0.6 is 0 Å². The van der Waals surface area contributed by atoms with Crippen molar-refractivity contribution in [3.63, 3.8) is 0 Å². The van der Waals surface area contributed by atoms with Gasteiger partial charge in [0.25, 0.3) is 0 Å². The summed E-state index contributed by atoms with van der Waals surface area (Å²) in [6.45, 7) is 1.34. The number of hydrogen-bond donors (Lipinski definition) is 2. The molecular formula is C23H30F2N4O3. The van der Waals surface area contributed by atoms with Gasteiger partial charge < -0.3 is 20.4 Å². The Morgan fingerprint density at radius 1 is 0.812 bits per heavy atom. The zero-order chi connectivity index (χ0) is 22.7. The maximum absolute atomic E-state index is 13.5. The van der Waals surface area contributed by atoms with E-state index in [1.165, 1.54) is 11.3 Å². The van der Waals surface area contributed by atoms with Gasteiger partial charge in [-0.15, -0.1) is 0 Å². The molecule has 32 heavy (non-hydrogen) atoms. The molecular weight excluding hydrogens is 418 g/mol. The summed E-state index contributed by atoms with van der Waals surface area (Å²) in [4.78, 5) is 41.0. The van der Waals surface area contributed by atoms with Crippen LogP contribution in [0.5, 0.6) is 0 Å². The minimum Gasteiger partial charge on any atom is -0.353 e. The van der Waals surface area contributed by atoms with Crippen LogP contribution in [0.15, 0.2) is 18.2 Å². The molecule has 0 aromatic heterocycles. The van der Waals surface area contributed by atoms with E-state index in [0.717, 1.165) is 43.9 Å². The molecule has 3 aliphatic rings. The SMILES string of the molecule is O=C(NC1CCN(C(=O)NC2CCCCC2)CC1)C1CCN(c2cc(F)cc(F)c2)C1=O. The maximum atomic E-state index is 13.5. The highest BCUT2D eigenvalue weighted by atomic mass is 19.1. The number of rotatable bonds is 4. The summed E-state index contributed by atoms with van der Waals surface area (Å²) in [5.41, 5.74) is 0.125. The van der Waals surface area contributed by atoms with Crippen LogP contribution in [-0.4, -0.2) is 54.5 Å². The Balaban J connectivity index is 1.25. The van der Waals surface area contributed by atoms with E-state index in [9.17, 15) is 23.2 Å². The molecule has 2 aliphatic heterocycles. The highest BCUT2D eigenvalue weighted by Gasteiger charge is 2.39. The fourth-order valence-corrected chi connectivity index (χ4v) is 4.92. The van der Waals surface area contributed by atoms with Gasteiger partial charge in [-0.1, -0.05) is 19.3 Å². The fourth-order valence-electron chi connectivity index (χ4n) is 4.92. The van der Waals surface area contributed by atoms with Crippen LogP contribution in [0.4, 0.5) is 19.3 Å². The van der Waals surface area contributed by atoms with E-state index in [1.54, 1.807) is 4.90 Å². The Morgan fingerprint density at radius 3 is 2.09 bits per heavy atom. The second-order valence-corrected chi connectivity index (χ2v) is 9.01. The van der Waals surface area contributed by atoms with Gasteiger partial charge in [0.1, 0.15) is 17.6 Å². The maximum Gasteiger partial charge on any atom is 0.317 e. The van der Waals surface area contributed by atoms with Gasteiger partial charge in [-0.25, -0.2) is 13.6 Å². The van der Waals surface area contributed by atoms with Crippen molar-refractivity contribution in [1.82, 2.24) is 15.5 Å². The number of nitrogens with zero attached hydrogens (tertiary/aromatic N) is 2. The molecule has 1 saturated carbocycles. The minimum atomic E-state index is -0.867. The Kier molecular flexibility index (Phi) is 6.91. The van der Waals surface area contributed by atoms with E-state index in [2.05, 4.69) is 10.6 Å². The number of hydrogen-bond acceptors (Lipinski definition) is 3. The van der Waals surface area contributed by atoms with Crippen molar-refractivity contribution in [3.05, 3.63) is 29.8 Å². The van der Waals surface area contributed by atoms with Crippen LogP contribution in [0.25, 0.3) is 0 Å². The van der Waals surface area contributed by atoms with Gasteiger partial charge in [-0.3, -0.25) is 9.59 Å². The number of halogens is 2. The topological polar surface area (TPSA) is 81.8 Å². The molecule has 174 valence electrons. The standard InChI is InChI=1S/C23H30F2N4O3/c24-15-12-16(25)14-19(13-15)29-11-8-20(22(29)31)21(30)26-18-6-9-28(10-7-18)23(32)27-17-4-2-1-3-5-17/h12-14,17-18,20H,1-11H2,(H,26,30)(H,27,32). The Bertz CT molecular complexity index is 847. The van der Waals surface area contributed by atoms with Gasteiger partial charge in [0, 0.05) is 43.5 Å². The normalized spacial score (nSPS) is 22.8. The molecule has 1 atom stereocenters. The monoisotopic (exact) mass is 448 g/mol. The molecule has 0 radical (unpaired) electrons. The average molecular weight is 449 g/mol. The molecule has 1 aromatic rings. The summed E-state index contributed by atoms with van der Waals surface area (Å²) >= 11 is 0. The number of nitrogens with one attached hydrogen (secondary N) is 2. The van der Waals surface area contributed by atoms with E-state index in [1.807, 2.05) is 0 Å². The first-order valence-corrected chi connectivity index (χ1v) is 11.5. The lowest BCUT2D eigenvalue weighted by Crippen LogP contribution is -2.52. The zero-order valence-corrected chi connectivity index (χ0v) is 18.1. The molecule has 1 aromatic carbocycles. The first-order chi connectivity index (χ1) is 15.4. The van der Waals surface area contributed by atoms with E-state index in [-0.39, 0.29) is 36.3 Å². The number of amides is 4. The molecule has 1 aliphatic carbocycles. The van der Waals surface area contributed by atoms with E-state index >= 15 is 0 Å². The molecule has 2 heterocycles. The number of carbonyl (C=O) groups excluding carboxylic acids is 3. The third-order valence-corrected chi connectivity index (χ3v) is 6.74. The molecule has 4 amide bonds. The predicted molar refractivity (Wildman–Crippen MR) is 115 cm³/mol. The quantitative estimate of drug-likeness (QED) is 0.695. The molecule has 4 rings (SSSR count). The second kappa shape index (κ2) is 9.83. The molecule has 1 unspecified atom stereocenters. The van der Waals surface area contributed by atoms with Crippen LogP contribution in [0.2, 0.25) is 0 Å². The lowest BCUT2D eigenvalue weighted by molar-refractivity contribution is -0.132. The second-order valence-electron chi connectivity index (χ2n) is 9.01. The minimum absolute atomic E-state index is 0.0365. The number of carbonyl (C=O) groups is 3. The highest BCUT2D eigenvalue weighted by molar-refractivity contribution is 6.09. The molecule has 0 bridgehead atoms. The van der Waals surface area contributed by atoms with Gasteiger partial charge in [0.2, 0.25) is 11.8 Å². The molecule has 0 spiro atoms. The van der Waals surface area contributed by atoms with Crippen molar-refractivity contribution in [2.45, 2.75) is 63.5 Å². The smallest absolute Gasteiger partial charge is 0.317 e. The third-order valence-electron chi connectivity index (χ3n) is 6.74. The number of piperidine rings is 1. The molecule has 2 N–H and O–H groups in total. The van der Waals surface area contributed by atoms with Gasteiger partial charge in [-0.2, -0.15) is 0 Å². The van der Waals surface area contributed by atoms with Crippen molar-refractivity contribution in [2.24, 2.45) is 5.92 Å². The van der Waals surface area contributed by atoms with Gasteiger partial charge in [-0.05, 0) is 44.2 Å². The molecule has 9 heteroatoms. The summed E-state index contributed by atoms with van der Waals surface area (Å²) in [6.07, 6.45) is 7.17. The summed E-state index contributed by atoms with van der Waals surface area (Å²) < 4.78 is 27.0. The highest BCUT2D eigenvalue weighted by Crippen LogP contribution is 2.27.